The highest BCUT2D eigenvalue weighted by Gasteiger charge is 2.14. The lowest BCUT2D eigenvalue weighted by Crippen LogP contribution is -2.29. The van der Waals surface area contributed by atoms with Gasteiger partial charge < -0.3 is 5.32 Å². The van der Waals surface area contributed by atoms with E-state index < -0.39 is 0 Å². The Morgan fingerprint density at radius 3 is 1.92 bits per heavy atom. The summed E-state index contributed by atoms with van der Waals surface area (Å²) in [6.45, 7) is 5.52. The molecule has 0 saturated carbocycles. The molecule has 2 nitrogen and oxygen atoms in total. The standard InChI is InChI=1S/C23H44N2/c1-3-5-6-7-8-9-10-11-12-13-14-15-16-17-18-19-20-23-24-21-22(4-2)25-23/h11-12,22H,3-10,13-21H2,1-2H3,(H,24,25)/b12-11-. The van der Waals surface area contributed by atoms with Gasteiger partial charge in [-0.3, -0.25) is 4.99 Å². The van der Waals surface area contributed by atoms with E-state index in [2.05, 4.69) is 36.3 Å². The predicted molar refractivity (Wildman–Crippen MR) is 114 cm³/mol. The molecule has 1 rings (SSSR count). The highest BCUT2D eigenvalue weighted by Crippen LogP contribution is 2.12. The summed E-state index contributed by atoms with van der Waals surface area (Å²) in [4.78, 5) is 4.59. The van der Waals surface area contributed by atoms with E-state index in [-0.39, 0.29) is 0 Å². The molecule has 1 N–H and O–H groups in total. The first-order valence-electron chi connectivity index (χ1n) is 11.3. The van der Waals surface area contributed by atoms with E-state index >= 15 is 0 Å². The smallest absolute Gasteiger partial charge is 0.0966 e. The quantitative estimate of drug-likeness (QED) is 0.218. The fourth-order valence-electron chi connectivity index (χ4n) is 3.47. The Kier molecular flexibility index (Phi) is 14.8. The van der Waals surface area contributed by atoms with Crippen LogP contribution >= 0.6 is 0 Å². The van der Waals surface area contributed by atoms with E-state index in [4.69, 9.17) is 0 Å². The second-order valence-corrected chi connectivity index (χ2v) is 7.72. The number of rotatable bonds is 17. The lowest BCUT2D eigenvalue weighted by molar-refractivity contribution is 0.597. The zero-order valence-electron chi connectivity index (χ0n) is 17.2. The van der Waals surface area contributed by atoms with E-state index in [0.717, 1.165) is 13.0 Å². The van der Waals surface area contributed by atoms with Gasteiger partial charge in [-0.15, -0.1) is 0 Å². The minimum atomic E-state index is 0.615. The van der Waals surface area contributed by atoms with Crippen LogP contribution in [0.1, 0.15) is 117 Å². The third-order valence-corrected chi connectivity index (χ3v) is 5.29. The Labute approximate surface area is 158 Å². The molecule has 0 saturated heterocycles. The molecule has 0 aromatic carbocycles. The van der Waals surface area contributed by atoms with Crippen molar-refractivity contribution in [2.24, 2.45) is 4.99 Å². The van der Waals surface area contributed by atoms with Gasteiger partial charge in [0.2, 0.25) is 0 Å². The number of nitrogens with one attached hydrogen (secondary N) is 1. The van der Waals surface area contributed by atoms with Crippen LogP contribution in [-0.4, -0.2) is 18.4 Å². The molecule has 0 bridgehead atoms. The van der Waals surface area contributed by atoms with Crippen molar-refractivity contribution in [2.75, 3.05) is 6.54 Å². The van der Waals surface area contributed by atoms with E-state index in [1.54, 1.807) is 0 Å². The summed E-state index contributed by atoms with van der Waals surface area (Å²) in [6.07, 6.45) is 26.5. The van der Waals surface area contributed by atoms with Crippen LogP contribution in [0.2, 0.25) is 0 Å². The average molecular weight is 349 g/mol. The molecule has 0 fully saturated rings. The molecule has 1 aliphatic heterocycles. The second-order valence-electron chi connectivity index (χ2n) is 7.72. The van der Waals surface area contributed by atoms with Gasteiger partial charge in [0.1, 0.15) is 0 Å². The largest absolute Gasteiger partial charge is 0.369 e. The van der Waals surface area contributed by atoms with E-state index in [9.17, 15) is 0 Å². The number of nitrogens with zero attached hydrogens (tertiary/aromatic N) is 1. The highest BCUT2D eigenvalue weighted by molar-refractivity contribution is 5.83. The third-order valence-electron chi connectivity index (χ3n) is 5.29. The molecular weight excluding hydrogens is 304 g/mol. The number of amidine groups is 1. The Hall–Kier alpha value is -0.790. The van der Waals surface area contributed by atoms with E-state index in [0.29, 0.717) is 6.04 Å². The van der Waals surface area contributed by atoms with Gasteiger partial charge in [-0.25, -0.2) is 0 Å². The van der Waals surface area contributed by atoms with Crippen LogP contribution in [0.15, 0.2) is 17.1 Å². The molecule has 0 spiro atoms. The normalized spacial score (nSPS) is 17.2. The van der Waals surface area contributed by atoms with Gasteiger partial charge >= 0.3 is 0 Å². The molecule has 146 valence electrons. The lowest BCUT2D eigenvalue weighted by Gasteiger charge is -2.08. The molecule has 0 amide bonds. The van der Waals surface area contributed by atoms with Gasteiger partial charge in [0.15, 0.2) is 0 Å². The van der Waals surface area contributed by atoms with Crippen molar-refractivity contribution in [3.8, 4) is 0 Å². The highest BCUT2D eigenvalue weighted by atomic mass is 15.1. The number of hydrogen-bond acceptors (Lipinski definition) is 2. The summed E-state index contributed by atoms with van der Waals surface area (Å²) in [7, 11) is 0. The molecule has 1 unspecified atom stereocenters. The monoisotopic (exact) mass is 348 g/mol. The van der Waals surface area contributed by atoms with Gasteiger partial charge in [-0.1, -0.05) is 83.8 Å². The van der Waals surface area contributed by atoms with Crippen molar-refractivity contribution in [3.05, 3.63) is 12.2 Å². The van der Waals surface area contributed by atoms with Crippen LogP contribution in [0.4, 0.5) is 0 Å². The van der Waals surface area contributed by atoms with Gasteiger partial charge in [0, 0.05) is 12.5 Å². The molecular formula is C23H44N2. The van der Waals surface area contributed by atoms with Crippen LogP contribution < -0.4 is 5.32 Å². The van der Waals surface area contributed by atoms with E-state index in [1.165, 1.54) is 102 Å². The fraction of sp³-hybridized carbons (Fsp3) is 0.870. The van der Waals surface area contributed by atoms with Crippen molar-refractivity contribution >= 4 is 5.84 Å². The van der Waals surface area contributed by atoms with Gasteiger partial charge in [0.25, 0.3) is 0 Å². The zero-order valence-corrected chi connectivity index (χ0v) is 17.2. The maximum atomic E-state index is 4.59. The second kappa shape index (κ2) is 16.7. The minimum Gasteiger partial charge on any atom is -0.369 e. The van der Waals surface area contributed by atoms with Crippen LogP contribution in [0.25, 0.3) is 0 Å². The first-order chi connectivity index (χ1) is 12.4. The first-order valence-corrected chi connectivity index (χ1v) is 11.3. The fourth-order valence-corrected chi connectivity index (χ4v) is 3.47. The summed E-state index contributed by atoms with van der Waals surface area (Å²) < 4.78 is 0. The van der Waals surface area contributed by atoms with E-state index in [1.807, 2.05) is 0 Å². The molecule has 0 radical (unpaired) electrons. The first kappa shape index (κ1) is 22.3. The molecule has 1 aliphatic rings. The summed E-state index contributed by atoms with van der Waals surface area (Å²) in [6, 6.07) is 0.615. The van der Waals surface area contributed by atoms with Gasteiger partial charge in [-0.2, -0.15) is 0 Å². The number of hydrogen-bond donors (Lipinski definition) is 1. The Balaban J connectivity index is 1.75. The van der Waals surface area contributed by atoms with Crippen molar-refractivity contribution in [1.82, 2.24) is 5.32 Å². The average Bonchev–Trinajstić information content (AvgIpc) is 3.09. The van der Waals surface area contributed by atoms with Crippen LogP contribution in [0.5, 0.6) is 0 Å². The summed E-state index contributed by atoms with van der Waals surface area (Å²) >= 11 is 0. The molecule has 0 aromatic heterocycles. The van der Waals surface area contributed by atoms with Gasteiger partial charge in [-0.05, 0) is 38.5 Å². The van der Waals surface area contributed by atoms with Crippen molar-refractivity contribution in [1.29, 1.82) is 0 Å². The summed E-state index contributed by atoms with van der Waals surface area (Å²) in [5, 5.41) is 3.54. The topological polar surface area (TPSA) is 24.4 Å². The van der Waals surface area contributed by atoms with Crippen molar-refractivity contribution in [3.63, 3.8) is 0 Å². The summed E-state index contributed by atoms with van der Waals surface area (Å²) in [5.74, 6) is 1.27. The number of aliphatic imine (C=N–C) groups is 1. The molecule has 25 heavy (non-hydrogen) atoms. The van der Waals surface area contributed by atoms with Crippen LogP contribution in [-0.2, 0) is 0 Å². The van der Waals surface area contributed by atoms with Crippen molar-refractivity contribution < 1.29 is 0 Å². The maximum Gasteiger partial charge on any atom is 0.0966 e. The molecule has 2 heteroatoms. The Morgan fingerprint density at radius 1 is 0.800 bits per heavy atom. The Bertz CT molecular complexity index is 346. The molecule has 1 atom stereocenters. The molecule has 0 aromatic rings. The van der Waals surface area contributed by atoms with Crippen LogP contribution in [0, 0.1) is 0 Å². The molecule has 1 heterocycles. The van der Waals surface area contributed by atoms with Crippen molar-refractivity contribution in [2.45, 2.75) is 123 Å². The Morgan fingerprint density at radius 2 is 1.36 bits per heavy atom. The maximum absolute atomic E-state index is 4.59. The molecule has 0 aliphatic carbocycles. The third kappa shape index (κ3) is 13.1. The van der Waals surface area contributed by atoms with Crippen LogP contribution in [0.3, 0.4) is 0 Å². The number of allylic oxidation sites excluding steroid dienone is 2. The predicted octanol–water partition coefficient (Wildman–Crippen LogP) is 7.19. The zero-order chi connectivity index (χ0) is 18.0. The minimum absolute atomic E-state index is 0.615. The number of unbranched alkanes of at least 4 members (excludes halogenated alkanes) is 12. The summed E-state index contributed by atoms with van der Waals surface area (Å²) in [5.41, 5.74) is 0. The van der Waals surface area contributed by atoms with Gasteiger partial charge in [0.05, 0.1) is 12.4 Å². The lowest BCUT2D eigenvalue weighted by atomic mass is 10.1. The SMILES string of the molecule is CCCCCCCC/C=C\CCCCCCCCC1=NCC(CC)N1.